The van der Waals surface area contributed by atoms with Crippen LogP contribution in [-0.4, -0.2) is 20.0 Å². The number of Topliss-reactive ketones (excluding diaryl/α,β-unsaturated/α-hetero) is 1. The zero-order valence-electron chi connectivity index (χ0n) is 11.9. The van der Waals surface area contributed by atoms with Crippen LogP contribution in [-0.2, 0) is 4.79 Å². The van der Waals surface area contributed by atoms with E-state index in [2.05, 4.69) is 0 Å². The molecule has 0 bridgehead atoms. The Morgan fingerprint density at radius 2 is 2.00 bits per heavy atom. The topological polar surface area (TPSA) is 59.3 Å². The van der Waals surface area contributed by atoms with E-state index in [0.717, 1.165) is 0 Å². The zero-order valence-corrected chi connectivity index (χ0v) is 12.6. The Morgan fingerprint density at radius 1 is 1.35 bits per heavy atom. The zero-order chi connectivity index (χ0) is 15.3. The van der Waals surface area contributed by atoms with E-state index in [1.54, 1.807) is 26.0 Å². The molecule has 0 fully saturated rings. The van der Waals surface area contributed by atoms with Crippen molar-refractivity contribution < 1.29 is 14.3 Å². The quantitative estimate of drug-likeness (QED) is 0.616. The second kappa shape index (κ2) is 6.97. The van der Waals surface area contributed by atoms with E-state index in [0.29, 0.717) is 22.1 Å². The molecule has 0 aliphatic carbocycles. The number of carbonyl (C=O) groups excluding carboxylic acids is 1. The minimum Gasteiger partial charge on any atom is -0.493 e. The predicted molar refractivity (Wildman–Crippen MR) is 78.0 cm³/mol. The smallest absolute Gasteiger partial charge is 0.179 e. The van der Waals surface area contributed by atoms with E-state index < -0.39 is 0 Å². The van der Waals surface area contributed by atoms with Gasteiger partial charge in [0, 0.05) is 5.92 Å². The largest absolute Gasteiger partial charge is 0.493 e. The first-order chi connectivity index (χ1) is 9.44. The summed E-state index contributed by atoms with van der Waals surface area (Å²) in [6, 6.07) is 5.19. The van der Waals surface area contributed by atoms with Gasteiger partial charge in [0.1, 0.15) is 6.07 Å². The van der Waals surface area contributed by atoms with E-state index in [9.17, 15) is 4.79 Å². The van der Waals surface area contributed by atoms with E-state index in [1.165, 1.54) is 20.3 Å². The van der Waals surface area contributed by atoms with Crippen molar-refractivity contribution in [1.82, 2.24) is 0 Å². The normalized spacial score (nSPS) is 11.2. The van der Waals surface area contributed by atoms with Crippen molar-refractivity contribution in [2.45, 2.75) is 13.8 Å². The maximum absolute atomic E-state index is 11.9. The Bertz CT molecular complexity index is 586. The summed E-state index contributed by atoms with van der Waals surface area (Å²) in [5.74, 6) is 0.412. The average Bonchev–Trinajstić information content (AvgIpc) is 2.43. The molecule has 5 heteroatoms. The van der Waals surface area contributed by atoms with Crippen LogP contribution in [0.2, 0.25) is 5.02 Å². The first-order valence-electron chi connectivity index (χ1n) is 6.02. The van der Waals surface area contributed by atoms with Crippen LogP contribution in [0.15, 0.2) is 17.7 Å². The van der Waals surface area contributed by atoms with Gasteiger partial charge in [-0.15, -0.1) is 0 Å². The molecule has 1 aromatic carbocycles. The number of nitriles is 1. The van der Waals surface area contributed by atoms with Gasteiger partial charge >= 0.3 is 0 Å². The fourth-order valence-electron chi connectivity index (χ4n) is 1.66. The molecule has 0 aliphatic heterocycles. The Labute approximate surface area is 123 Å². The van der Waals surface area contributed by atoms with Crippen molar-refractivity contribution in [3.05, 3.63) is 28.3 Å². The molecule has 0 atom stereocenters. The highest BCUT2D eigenvalue weighted by Crippen LogP contribution is 2.36. The van der Waals surface area contributed by atoms with Crippen molar-refractivity contribution in [3.63, 3.8) is 0 Å². The van der Waals surface area contributed by atoms with E-state index in [-0.39, 0.29) is 17.3 Å². The molecule has 0 radical (unpaired) electrons. The summed E-state index contributed by atoms with van der Waals surface area (Å²) in [5, 5.41) is 9.43. The van der Waals surface area contributed by atoms with Crippen LogP contribution in [0, 0.1) is 17.2 Å². The van der Waals surface area contributed by atoms with Crippen LogP contribution < -0.4 is 9.47 Å². The molecule has 0 saturated carbocycles. The number of halogens is 1. The summed E-state index contributed by atoms with van der Waals surface area (Å²) < 4.78 is 10.3. The van der Waals surface area contributed by atoms with E-state index >= 15 is 0 Å². The molecule has 106 valence electrons. The number of benzene rings is 1. The van der Waals surface area contributed by atoms with Crippen LogP contribution in [0.3, 0.4) is 0 Å². The molecular formula is C15H16ClNO3. The van der Waals surface area contributed by atoms with Gasteiger partial charge < -0.3 is 9.47 Å². The number of hydrogen-bond acceptors (Lipinski definition) is 4. The summed E-state index contributed by atoms with van der Waals surface area (Å²) in [7, 11) is 2.98. The highest BCUT2D eigenvalue weighted by atomic mass is 35.5. The summed E-state index contributed by atoms with van der Waals surface area (Å²) >= 11 is 6.08. The number of ether oxygens (including phenoxy) is 2. The van der Waals surface area contributed by atoms with Gasteiger partial charge in [-0.3, -0.25) is 4.79 Å². The second-order valence-corrected chi connectivity index (χ2v) is 4.83. The SMILES string of the molecule is COc1cc(/C=C(\C#N)C(=O)C(C)C)cc(Cl)c1OC. The van der Waals surface area contributed by atoms with E-state index in [4.69, 9.17) is 26.3 Å². The number of allylic oxidation sites excluding steroid dienone is 1. The van der Waals surface area contributed by atoms with Gasteiger partial charge in [-0.2, -0.15) is 5.26 Å². The standard InChI is InChI=1S/C15H16ClNO3/c1-9(2)14(18)11(8-17)5-10-6-12(16)15(20-4)13(7-10)19-3/h5-7,9H,1-4H3/b11-5+. The Hall–Kier alpha value is -1.99. The number of methoxy groups -OCH3 is 2. The minimum absolute atomic E-state index is 0.0864. The maximum Gasteiger partial charge on any atom is 0.179 e. The summed E-state index contributed by atoms with van der Waals surface area (Å²) in [5.41, 5.74) is 0.696. The van der Waals surface area contributed by atoms with E-state index in [1.807, 2.05) is 6.07 Å². The fraction of sp³-hybridized carbons (Fsp3) is 0.333. The lowest BCUT2D eigenvalue weighted by Crippen LogP contribution is -2.08. The van der Waals surface area contributed by atoms with Gasteiger partial charge in [-0.05, 0) is 23.8 Å². The molecule has 0 saturated heterocycles. The predicted octanol–water partition coefficient (Wildman–Crippen LogP) is 3.49. The van der Waals surface area contributed by atoms with Crippen LogP contribution in [0.5, 0.6) is 11.5 Å². The summed E-state index contributed by atoms with van der Waals surface area (Å²) in [4.78, 5) is 11.9. The number of hydrogen-bond donors (Lipinski definition) is 0. The lowest BCUT2D eigenvalue weighted by Gasteiger charge is -2.10. The van der Waals surface area contributed by atoms with Gasteiger partial charge in [0.2, 0.25) is 0 Å². The molecule has 0 amide bonds. The summed E-state index contributed by atoms with van der Waals surface area (Å²) in [6.45, 7) is 3.49. The molecule has 4 nitrogen and oxygen atoms in total. The highest BCUT2D eigenvalue weighted by Gasteiger charge is 2.15. The van der Waals surface area contributed by atoms with Gasteiger partial charge in [0.15, 0.2) is 17.3 Å². The molecule has 1 aromatic rings. The van der Waals surface area contributed by atoms with Gasteiger partial charge in [-0.1, -0.05) is 25.4 Å². The Morgan fingerprint density at radius 3 is 2.45 bits per heavy atom. The molecule has 0 N–H and O–H groups in total. The maximum atomic E-state index is 11.9. The summed E-state index contributed by atoms with van der Waals surface area (Å²) in [6.07, 6.45) is 1.50. The van der Waals surface area contributed by atoms with Crippen molar-refractivity contribution in [2.75, 3.05) is 14.2 Å². The lowest BCUT2D eigenvalue weighted by atomic mass is 10.00. The molecule has 20 heavy (non-hydrogen) atoms. The average molecular weight is 294 g/mol. The van der Waals surface area contributed by atoms with Crippen LogP contribution >= 0.6 is 11.6 Å². The monoisotopic (exact) mass is 293 g/mol. The third-order valence-corrected chi connectivity index (χ3v) is 2.96. The lowest BCUT2D eigenvalue weighted by molar-refractivity contribution is -0.117. The molecule has 0 spiro atoms. The van der Waals surface area contributed by atoms with Crippen molar-refractivity contribution in [1.29, 1.82) is 5.26 Å². The highest BCUT2D eigenvalue weighted by molar-refractivity contribution is 6.32. The third kappa shape index (κ3) is 3.52. The number of carbonyl (C=O) groups is 1. The molecule has 0 aromatic heterocycles. The number of ketones is 1. The number of rotatable bonds is 5. The van der Waals surface area contributed by atoms with Crippen LogP contribution in [0.4, 0.5) is 0 Å². The first-order valence-corrected chi connectivity index (χ1v) is 6.39. The van der Waals surface area contributed by atoms with Gasteiger partial charge in [0.25, 0.3) is 0 Å². The molecule has 1 rings (SSSR count). The Balaban J connectivity index is 3.31. The van der Waals surface area contributed by atoms with Crippen molar-refractivity contribution in [2.24, 2.45) is 5.92 Å². The Kier molecular flexibility index (Phi) is 5.60. The fourth-order valence-corrected chi connectivity index (χ4v) is 1.95. The minimum atomic E-state index is -0.239. The van der Waals surface area contributed by atoms with Gasteiger partial charge in [0.05, 0.1) is 24.8 Å². The molecule has 0 unspecified atom stereocenters. The van der Waals surface area contributed by atoms with Gasteiger partial charge in [-0.25, -0.2) is 0 Å². The molecular weight excluding hydrogens is 278 g/mol. The number of nitrogens with zero attached hydrogens (tertiary/aromatic N) is 1. The second-order valence-electron chi connectivity index (χ2n) is 4.43. The van der Waals surface area contributed by atoms with Crippen LogP contribution in [0.1, 0.15) is 19.4 Å². The van der Waals surface area contributed by atoms with Crippen molar-refractivity contribution in [3.8, 4) is 17.6 Å². The van der Waals surface area contributed by atoms with Crippen LogP contribution in [0.25, 0.3) is 6.08 Å². The molecule has 0 heterocycles. The first kappa shape index (κ1) is 16.1. The van der Waals surface area contributed by atoms with Crippen molar-refractivity contribution >= 4 is 23.5 Å². The third-order valence-electron chi connectivity index (χ3n) is 2.68. The molecule has 0 aliphatic rings.